The third-order valence-corrected chi connectivity index (χ3v) is 3.12. The second-order valence-electron chi connectivity index (χ2n) is 3.64. The van der Waals surface area contributed by atoms with Gasteiger partial charge in [0.15, 0.2) is 5.82 Å². The van der Waals surface area contributed by atoms with E-state index in [4.69, 9.17) is 16.3 Å². The number of hydrogen-bond donors (Lipinski definition) is 1. The fourth-order valence-electron chi connectivity index (χ4n) is 2.02. The van der Waals surface area contributed by atoms with Gasteiger partial charge in [0.2, 0.25) is 0 Å². The molecule has 1 aromatic rings. The van der Waals surface area contributed by atoms with Gasteiger partial charge in [-0.05, 0) is 25.7 Å². The molecule has 0 radical (unpaired) electrons. The van der Waals surface area contributed by atoms with E-state index in [-0.39, 0.29) is 5.60 Å². The van der Waals surface area contributed by atoms with Crippen molar-refractivity contribution in [3.8, 4) is 0 Å². The third kappa shape index (κ3) is 1.53. The summed E-state index contributed by atoms with van der Waals surface area (Å²) in [5, 5.41) is 6.98. The van der Waals surface area contributed by atoms with E-state index in [1.54, 1.807) is 7.11 Å². The second-order valence-corrected chi connectivity index (χ2v) is 3.91. The van der Waals surface area contributed by atoms with E-state index in [2.05, 4.69) is 15.2 Å². The van der Waals surface area contributed by atoms with Crippen molar-refractivity contribution < 1.29 is 4.74 Å². The summed E-state index contributed by atoms with van der Waals surface area (Å²) in [6, 6.07) is 0. The fourth-order valence-corrected chi connectivity index (χ4v) is 2.14. The third-order valence-electron chi connectivity index (χ3n) is 2.87. The molecule has 1 heterocycles. The minimum Gasteiger partial charge on any atom is -0.370 e. The van der Waals surface area contributed by atoms with Crippen LogP contribution < -0.4 is 0 Å². The van der Waals surface area contributed by atoms with E-state index >= 15 is 0 Å². The highest BCUT2D eigenvalue weighted by Crippen LogP contribution is 2.39. The molecule has 1 N–H and O–H groups in total. The second kappa shape index (κ2) is 3.87. The van der Waals surface area contributed by atoms with Crippen molar-refractivity contribution in [2.75, 3.05) is 7.11 Å². The Labute approximate surface area is 88.0 Å². The molecule has 4 nitrogen and oxygen atoms in total. The average molecular weight is 216 g/mol. The number of nitrogens with zero attached hydrogens (tertiary/aromatic N) is 2. The molecular weight excluding hydrogens is 202 g/mol. The molecule has 1 aliphatic carbocycles. The number of hydrogen-bond acceptors (Lipinski definition) is 3. The maximum Gasteiger partial charge on any atom is 0.182 e. The number of alkyl halides is 1. The van der Waals surface area contributed by atoms with Gasteiger partial charge in [-0.15, -0.1) is 11.6 Å². The molecule has 0 aliphatic heterocycles. The van der Waals surface area contributed by atoms with Crippen molar-refractivity contribution in [3.05, 3.63) is 11.6 Å². The Hall–Kier alpha value is -0.610. The largest absolute Gasteiger partial charge is 0.370 e. The van der Waals surface area contributed by atoms with Crippen molar-refractivity contribution in [3.63, 3.8) is 0 Å². The van der Waals surface area contributed by atoms with Gasteiger partial charge in [-0.25, -0.2) is 4.98 Å². The summed E-state index contributed by atoms with van der Waals surface area (Å²) in [6.45, 7) is 0. The zero-order valence-electron chi connectivity index (χ0n) is 8.22. The molecule has 0 unspecified atom stereocenters. The lowest BCUT2D eigenvalue weighted by Crippen LogP contribution is -2.26. The Balaban J connectivity index is 2.26. The first kappa shape index (κ1) is 9.93. The average Bonchev–Trinajstić information content (AvgIpc) is 2.87. The van der Waals surface area contributed by atoms with E-state index < -0.39 is 0 Å². The fraction of sp³-hybridized carbons (Fsp3) is 0.778. The van der Waals surface area contributed by atoms with Crippen LogP contribution in [-0.4, -0.2) is 22.3 Å². The number of methoxy groups -OCH3 is 1. The summed E-state index contributed by atoms with van der Waals surface area (Å²) < 4.78 is 5.55. The molecule has 1 fully saturated rings. The first-order valence-corrected chi connectivity index (χ1v) is 5.37. The number of rotatable bonds is 3. The van der Waals surface area contributed by atoms with Crippen LogP contribution in [-0.2, 0) is 16.2 Å². The Morgan fingerprint density at radius 3 is 2.71 bits per heavy atom. The SMILES string of the molecule is COC1(c2n[nH]c(CCl)n2)CCCC1. The van der Waals surface area contributed by atoms with Gasteiger partial charge in [-0.2, -0.15) is 5.10 Å². The Morgan fingerprint density at radius 2 is 2.21 bits per heavy atom. The highest BCUT2D eigenvalue weighted by Gasteiger charge is 2.39. The molecule has 0 saturated heterocycles. The smallest absolute Gasteiger partial charge is 0.182 e. The summed E-state index contributed by atoms with van der Waals surface area (Å²) in [7, 11) is 1.72. The number of halogens is 1. The van der Waals surface area contributed by atoms with E-state index in [9.17, 15) is 0 Å². The van der Waals surface area contributed by atoms with Gasteiger partial charge >= 0.3 is 0 Å². The monoisotopic (exact) mass is 215 g/mol. The van der Waals surface area contributed by atoms with Crippen LogP contribution in [0.25, 0.3) is 0 Å². The van der Waals surface area contributed by atoms with E-state index in [1.165, 1.54) is 12.8 Å². The predicted octanol–water partition coefficient (Wildman–Crippen LogP) is 1.96. The molecule has 0 amide bonds. The maximum atomic E-state index is 5.66. The van der Waals surface area contributed by atoms with Crippen LogP contribution in [0.2, 0.25) is 0 Å². The zero-order chi connectivity index (χ0) is 10.0. The van der Waals surface area contributed by atoms with Gasteiger partial charge in [0.25, 0.3) is 0 Å². The topological polar surface area (TPSA) is 50.8 Å². The van der Waals surface area contributed by atoms with Gasteiger partial charge < -0.3 is 4.74 Å². The van der Waals surface area contributed by atoms with Crippen molar-refractivity contribution in [2.45, 2.75) is 37.2 Å². The van der Waals surface area contributed by atoms with E-state index in [0.29, 0.717) is 11.7 Å². The van der Waals surface area contributed by atoms with Gasteiger partial charge in [0, 0.05) is 7.11 Å². The number of H-pyrrole nitrogens is 1. The van der Waals surface area contributed by atoms with Gasteiger partial charge in [-0.1, -0.05) is 0 Å². The summed E-state index contributed by atoms with van der Waals surface area (Å²) in [4.78, 5) is 4.33. The first-order valence-electron chi connectivity index (χ1n) is 4.83. The Morgan fingerprint density at radius 1 is 1.50 bits per heavy atom. The highest BCUT2D eigenvalue weighted by atomic mass is 35.5. The molecule has 1 aliphatic rings. The summed E-state index contributed by atoms with van der Waals surface area (Å²) in [6.07, 6.45) is 4.36. The van der Waals surface area contributed by atoms with Crippen molar-refractivity contribution >= 4 is 11.6 Å². The molecule has 0 aromatic carbocycles. The molecule has 2 rings (SSSR count). The number of aromatic nitrogens is 3. The van der Waals surface area contributed by atoms with Crippen LogP contribution in [0.15, 0.2) is 0 Å². The Bertz CT molecular complexity index is 307. The van der Waals surface area contributed by atoms with Crippen molar-refractivity contribution in [1.29, 1.82) is 0 Å². The van der Waals surface area contributed by atoms with Crippen LogP contribution >= 0.6 is 11.6 Å². The minimum absolute atomic E-state index is 0.263. The standard InChI is InChI=1S/C9H14ClN3O/c1-14-9(4-2-3-5-9)8-11-7(6-10)12-13-8/h2-6H2,1H3,(H,11,12,13). The Kier molecular flexibility index (Phi) is 2.74. The quantitative estimate of drug-likeness (QED) is 0.785. The lowest BCUT2D eigenvalue weighted by atomic mass is 10.0. The summed E-state index contributed by atoms with van der Waals surface area (Å²) >= 11 is 5.66. The molecule has 1 aromatic heterocycles. The highest BCUT2D eigenvalue weighted by molar-refractivity contribution is 6.16. The van der Waals surface area contributed by atoms with Gasteiger partial charge in [0.1, 0.15) is 11.4 Å². The lowest BCUT2D eigenvalue weighted by molar-refractivity contribution is -0.0160. The molecule has 1 saturated carbocycles. The molecule has 78 valence electrons. The number of nitrogens with one attached hydrogen (secondary N) is 1. The minimum atomic E-state index is -0.263. The van der Waals surface area contributed by atoms with Gasteiger partial charge in [0.05, 0.1) is 5.88 Å². The summed E-state index contributed by atoms with van der Waals surface area (Å²) in [5.74, 6) is 1.84. The lowest BCUT2D eigenvalue weighted by Gasteiger charge is -2.23. The van der Waals surface area contributed by atoms with Crippen molar-refractivity contribution in [1.82, 2.24) is 15.2 Å². The van der Waals surface area contributed by atoms with E-state index in [1.807, 2.05) is 0 Å². The van der Waals surface area contributed by atoms with Crippen LogP contribution in [0.1, 0.15) is 37.3 Å². The van der Waals surface area contributed by atoms with Crippen LogP contribution in [0.5, 0.6) is 0 Å². The molecule has 0 bridgehead atoms. The molecular formula is C9H14ClN3O. The maximum absolute atomic E-state index is 5.66. The number of aromatic amines is 1. The zero-order valence-corrected chi connectivity index (χ0v) is 8.97. The van der Waals surface area contributed by atoms with Crippen LogP contribution in [0.3, 0.4) is 0 Å². The normalized spacial score (nSPS) is 20.1. The van der Waals surface area contributed by atoms with Crippen LogP contribution in [0.4, 0.5) is 0 Å². The predicted molar refractivity (Wildman–Crippen MR) is 53.1 cm³/mol. The van der Waals surface area contributed by atoms with Crippen molar-refractivity contribution in [2.24, 2.45) is 0 Å². The van der Waals surface area contributed by atoms with Gasteiger partial charge in [-0.3, -0.25) is 5.10 Å². The number of ether oxygens (including phenoxy) is 1. The molecule has 14 heavy (non-hydrogen) atoms. The first-order chi connectivity index (χ1) is 6.80. The van der Waals surface area contributed by atoms with Crippen LogP contribution in [0, 0.1) is 0 Å². The molecule has 0 spiro atoms. The van der Waals surface area contributed by atoms with E-state index in [0.717, 1.165) is 18.7 Å². The molecule has 5 heteroatoms. The molecule has 0 atom stereocenters. The summed E-state index contributed by atoms with van der Waals surface area (Å²) in [5.41, 5.74) is -0.263.